The van der Waals surface area contributed by atoms with Crippen molar-refractivity contribution < 1.29 is 14.6 Å². The van der Waals surface area contributed by atoms with Gasteiger partial charge in [0.25, 0.3) is 0 Å². The number of carbonyl (C=O) groups is 1. The summed E-state index contributed by atoms with van der Waals surface area (Å²) in [6, 6.07) is 13.3. The lowest BCUT2D eigenvalue weighted by Gasteiger charge is -1.98. The maximum absolute atomic E-state index is 11.8. The molecule has 0 amide bonds. The number of ether oxygens (including phenoxy) is 1. The molecule has 0 unspecified atom stereocenters. The van der Waals surface area contributed by atoms with Crippen LogP contribution in [0.25, 0.3) is 6.08 Å². The molecule has 2 aromatic rings. The van der Waals surface area contributed by atoms with Crippen LogP contribution in [0.1, 0.15) is 11.1 Å². The molecule has 2 aromatic carbocycles. The van der Waals surface area contributed by atoms with Crippen LogP contribution in [0.15, 0.2) is 59.2 Å². The maximum atomic E-state index is 11.8. The third-order valence-corrected chi connectivity index (χ3v) is 3.16. The SMILES string of the molecule is O=C1OC(c2ccc(Cl)cc2)=N/C1=C/c1ccc(O)cc1. The van der Waals surface area contributed by atoms with Gasteiger partial charge in [0.1, 0.15) is 5.75 Å². The molecule has 104 valence electrons. The number of aromatic hydroxyl groups is 1. The first-order chi connectivity index (χ1) is 10.1. The second-order valence-electron chi connectivity index (χ2n) is 4.43. The van der Waals surface area contributed by atoms with Gasteiger partial charge in [-0.25, -0.2) is 9.79 Å². The van der Waals surface area contributed by atoms with E-state index in [4.69, 9.17) is 16.3 Å². The first kappa shape index (κ1) is 13.4. The Labute approximate surface area is 126 Å². The van der Waals surface area contributed by atoms with Gasteiger partial charge in [-0.3, -0.25) is 0 Å². The minimum absolute atomic E-state index is 0.163. The number of rotatable bonds is 2. The molecule has 3 rings (SSSR count). The van der Waals surface area contributed by atoms with E-state index in [0.29, 0.717) is 10.6 Å². The summed E-state index contributed by atoms with van der Waals surface area (Å²) in [5.74, 6) is -0.0915. The third kappa shape index (κ3) is 2.95. The number of carbonyl (C=O) groups excluding carboxylic acids is 1. The van der Waals surface area contributed by atoms with Crippen molar-refractivity contribution in [3.63, 3.8) is 0 Å². The molecule has 0 saturated carbocycles. The highest BCUT2D eigenvalue weighted by Gasteiger charge is 2.23. The van der Waals surface area contributed by atoms with E-state index in [0.717, 1.165) is 5.56 Å². The van der Waals surface area contributed by atoms with Crippen LogP contribution in [-0.2, 0) is 9.53 Å². The van der Waals surface area contributed by atoms with Crippen molar-refractivity contribution in [3.8, 4) is 5.75 Å². The molecule has 21 heavy (non-hydrogen) atoms. The van der Waals surface area contributed by atoms with Gasteiger partial charge in [-0.2, -0.15) is 0 Å². The van der Waals surface area contributed by atoms with E-state index in [-0.39, 0.29) is 17.3 Å². The Bertz CT molecular complexity index is 746. The molecule has 1 heterocycles. The molecule has 0 saturated heterocycles. The highest BCUT2D eigenvalue weighted by Crippen LogP contribution is 2.21. The standard InChI is InChI=1S/C16H10ClNO3/c17-12-5-3-11(4-6-12)15-18-14(16(20)21-15)9-10-1-7-13(19)8-2-10/h1-9,19H/b14-9+. The normalized spacial score (nSPS) is 16.0. The van der Waals surface area contributed by atoms with E-state index < -0.39 is 5.97 Å². The minimum atomic E-state index is -0.506. The maximum Gasteiger partial charge on any atom is 0.363 e. The number of cyclic esters (lactones) is 1. The van der Waals surface area contributed by atoms with Crippen LogP contribution in [-0.4, -0.2) is 17.0 Å². The van der Waals surface area contributed by atoms with E-state index in [1.165, 1.54) is 12.1 Å². The molecule has 0 aliphatic carbocycles. The third-order valence-electron chi connectivity index (χ3n) is 2.91. The van der Waals surface area contributed by atoms with Crippen LogP contribution in [0.4, 0.5) is 0 Å². The second kappa shape index (κ2) is 5.42. The average Bonchev–Trinajstić information content (AvgIpc) is 2.83. The molecule has 1 N–H and O–H groups in total. The fraction of sp³-hybridized carbons (Fsp3) is 0. The van der Waals surface area contributed by atoms with Gasteiger partial charge in [0.15, 0.2) is 5.70 Å². The van der Waals surface area contributed by atoms with Gasteiger partial charge in [0.05, 0.1) is 0 Å². The van der Waals surface area contributed by atoms with E-state index >= 15 is 0 Å². The van der Waals surface area contributed by atoms with E-state index in [9.17, 15) is 9.90 Å². The molecule has 4 nitrogen and oxygen atoms in total. The van der Waals surface area contributed by atoms with Gasteiger partial charge in [0, 0.05) is 10.6 Å². The summed E-state index contributed by atoms with van der Waals surface area (Å²) in [6.07, 6.45) is 1.60. The summed E-state index contributed by atoms with van der Waals surface area (Å²) in [5.41, 5.74) is 1.65. The number of phenols is 1. The molecular weight excluding hydrogens is 290 g/mol. The van der Waals surface area contributed by atoms with Crippen molar-refractivity contribution in [1.82, 2.24) is 0 Å². The second-order valence-corrected chi connectivity index (χ2v) is 4.87. The van der Waals surface area contributed by atoms with Gasteiger partial charge in [-0.05, 0) is 48.0 Å². The van der Waals surface area contributed by atoms with E-state index in [2.05, 4.69) is 4.99 Å². The smallest absolute Gasteiger partial charge is 0.363 e. The lowest BCUT2D eigenvalue weighted by molar-refractivity contribution is -0.129. The molecule has 0 atom stereocenters. The zero-order valence-electron chi connectivity index (χ0n) is 10.8. The summed E-state index contributed by atoms with van der Waals surface area (Å²) in [6.45, 7) is 0. The molecule has 1 aliphatic rings. The van der Waals surface area contributed by atoms with Gasteiger partial charge in [-0.15, -0.1) is 0 Å². The Hall–Kier alpha value is -2.59. The van der Waals surface area contributed by atoms with E-state index in [1.807, 2.05) is 0 Å². The quantitative estimate of drug-likeness (QED) is 0.683. The Morgan fingerprint density at radius 3 is 2.38 bits per heavy atom. The first-order valence-electron chi connectivity index (χ1n) is 6.19. The van der Waals surface area contributed by atoms with Crippen LogP contribution in [0.3, 0.4) is 0 Å². The Morgan fingerprint density at radius 2 is 1.71 bits per heavy atom. The number of esters is 1. The van der Waals surface area contributed by atoms with Gasteiger partial charge in [-0.1, -0.05) is 23.7 Å². The zero-order chi connectivity index (χ0) is 14.8. The lowest BCUT2D eigenvalue weighted by atomic mass is 10.2. The molecule has 0 spiro atoms. The minimum Gasteiger partial charge on any atom is -0.508 e. The van der Waals surface area contributed by atoms with Gasteiger partial charge >= 0.3 is 5.97 Å². The van der Waals surface area contributed by atoms with Gasteiger partial charge in [0.2, 0.25) is 5.90 Å². The summed E-state index contributed by atoms with van der Waals surface area (Å²) in [5, 5.41) is 9.83. The summed E-state index contributed by atoms with van der Waals surface area (Å²) >= 11 is 5.82. The molecular formula is C16H10ClNO3. The summed E-state index contributed by atoms with van der Waals surface area (Å²) < 4.78 is 5.15. The van der Waals surface area contributed by atoms with Crippen molar-refractivity contribution >= 4 is 29.5 Å². The van der Waals surface area contributed by atoms with Crippen molar-refractivity contribution in [2.24, 2.45) is 4.99 Å². The number of halogens is 1. The monoisotopic (exact) mass is 299 g/mol. The van der Waals surface area contributed by atoms with Crippen LogP contribution in [0.5, 0.6) is 5.75 Å². The zero-order valence-corrected chi connectivity index (χ0v) is 11.5. The van der Waals surface area contributed by atoms with Crippen molar-refractivity contribution in [1.29, 1.82) is 0 Å². The van der Waals surface area contributed by atoms with E-state index in [1.54, 1.807) is 42.5 Å². The van der Waals surface area contributed by atoms with Crippen LogP contribution >= 0.6 is 11.6 Å². The molecule has 0 fully saturated rings. The number of phenolic OH excluding ortho intramolecular Hbond substituents is 1. The number of aliphatic imine (C=N–C) groups is 1. The lowest BCUT2D eigenvalue weighted by Crippen LogP contribution is -2.05. The summed E-state index contributed by atoms with van der Waals surface area (Å²) in [4.78, 5) is 16.0. The molecule has 0 bridgehead atoms. The summed E-state index contributed by atoms with van der Waals surface area (Å²) in [7, 11) is 0. The van der Waals surface area contributed by atoms with Crippen LogP contribution < -0.4 is 0 Å². The topological polar surface area (TPSA) is 58.9 Å². The van der Waals surface area contributed by atoms with Crippen molar-refractivity contribution in [2.45, 2.75) is 0 Å². The fourth-order valence-electron chi connectivity index (χ4n) is 1.85. The van der Waals surface area contributed by atoms with Crippen LogP contribution in [0.2, 0.25) is 5.02 Å². The Kier molecular flexibility index (Phi) is 3.46. The molecule has 1 aliphatic heterocycles. The fourth-order valence-corrected chi connectivity index (χ4v) is 1.98. The van der Waals surface area contributed by atoms with Crippen molar-refractivity contribution in [2.75, 3.05) is 0 Å². The first-order valence-corrected chi connectivity index (χ1v) is 6.57. The predicted octanol–water partition coefficient (Wildman–Crippen LogP) is 3.39. The highest BCUT2D eigenvalue weighted by atomic mass is 35.5. The van der Waals surface area contributed by atoms with Crippen LogP contribution in [0, 0.1) is 0 Å². The number of nitrogens with zero attached hydrogens (tertiary/aromatic N) is 1. The number of hydrogen-bond donors (Lipinski definition) is 1. The molecule has 0 aromatic heterocycles. The Morgan fingerprint density at radius 1 is 1.05 bits per heavy atom. The number of hydrogen-bond acceptors (Lipinski definition) is 4. The molecule has 0 radical (unpaired) electrons. The largest absolute Gasteiger partial charge is 0.508 e. The Balaban J connectivity index is 1.91. The highest BCUT2D eigenvalue weighted by molar-refractivity contribution is 6.30. The predicted molar refractivity (Wildman–Crippen MR) is 80.2 cm³/mol. The average molecular weight is 300 g/mol. The molecule has 5 heteroatoms. The van der Waals surface area contributed by atoms with Gasteiger partial charge < -0.3 is 9.84 Å². The number of benzene rings is 2. The van der Waals surface area contributed by atoms with Crippen molar-refractivity contribution in [3.05, 3.63) is 70.4 Å².